The first-order chi connectivity index (χ1) is 18.5. The van der Waals surface area contributed by atoms with Crippen LogP contribution in [0.25, 0.3) is 0 Å². The summed E-state index contributed by atoms with van der Waals surface area (Å²) in [4.78, 5) is 43.2. The summed E-state index contributed by atoms with van der Waals surface area (Å²) >= 11 is 0. The molecule has 0 saturated carbocycles. The van der Waals surface area contributed by atoms with Gasteiger partial charge >= 0.3 is 6.09 Å². The summed E-state index contributed by atoms with van der Waals surface area (Å²) in [5, 5.41) is 2.94. The maximum Gasteiger partial charge on any atom is 0.435 e. The van der Waals surface area contributed by atoms with Crippen molar-refractivity contribution in [1.82, 2.24) is 10.2 Å². The molecule has 1 heterocycles. The minimum absolute atomic E-state index is 0.00733. The van der Waals surface area contributed by atoms with Crippen molar-refractivity contribution >= 4 is 23.7 Å². The van der Waals surface area contributed by atoms with Crippen molar-refractivity contribution in [2.24, 2.45) is 10.7 Å². The van der Waals surface area contributed by atoms with E-state index in [4.69, 9.17) is 10.5 Å². The monoisotopic (exact) mass is 512 g/mol. The first-order valence-corrected chi connectivity index (χ1v) is 12.7. The van der Waals surface area contributed by atoms with Crippen molar-refractivity contribution < 1.29 is 19.1 Å². The highest BCUT2D eigenvalue weighted by molar-refractivity contribution is 6.02. The van der Waals surface area contributed by atoms with E-state index >= 15 is 0 Å². The lowest BCUT2D eigenvalue weighted by atomic mass is 10.1. The van der Waals surface area contributed by atoms with Crippen LogP contribution in [0.3, 0.4) is 0 Å². The maximum absolute atomic E-state index is 12.9. The van der Waals surface area contributed by atoms with Gasteiger partial charge in [-0.2, -0.15) is 4.99 Å². The van der Waals surface area contributed by atoms with Gasteiger partial charge in [-0.25, -0.2) is 4.79 Å². The fourth-order valence-corrected chi connectivity index (χ4v) is 4.39. The molecule has 1 aliphatic heterocycles. The van der Waals surface area contributed by atoms with E-state index in [1.165, 1.54) is 0 Å². The molecule has 0 spiro atoms. The van der Waals surface area contributed by atoms with Crippen LogP contribution in [0, 0.1) is 0 Å². The normalized spacial score (nSPS) is 15.2. The van der Waals surface area contributed by atoms with E-state index in [0.717, 1.165) is 23.1 Å². The number of nitrogens with zero attached hydrogens (tertiary/aromatic N) is 2. The summed E-state index contributed by atoms with van der Waals surface area (Å²) in [6.07, 6.45) is 1.76. The van der Waals surface area contributed by atoms with Gasteiger partial charge < -0.3 is 20.7 Å². The average Bonchev–Trinajstić information content (AvgIpc) is 3.45. The van der Waals surface area contributed by atoms with Crippen LogP contribution in [0.2, 0.25) is 0 Å². The van der Waals surface area contributed by atoms with Gasteiger partial charge in [0.25, 0.3) is 0 Å². The summed E-state index contributed by atoms with van der Waals surface area (Å²) in [5.41, 5.74) is 9.37. The molecule has 1 atom stereocenters. The number of nitrogens with two attached hydrogens (primary N) is 1. The van der Waals surface area contributed by atoms with Crippen molar-refractivity contribution in [3.63, 3.8) is 0 Å². The lowest BCUT2D eigenvalue weighted by molar-refractivity contribution is -0.138. The number of likely N-dealkylation sites (tertiary alicyclic amines) is 1. The van der Waals surface area contributed by atoms with Gasteiger partial charge in [-0.05, 0) is 36.0 Å². The van der Waals surface area contributed by atoms with Gasteiger partial charge in [0.1, 0.15) is 18.5 Å². The standard InChI is InChI=1S/C30H32N4O4/c31-28(33-30(37)38-21-24-10-5-2-6-11-24)25-16-13-23(14-17-25)20-32-29(36)26-12-7-19-34(26)27(35)18-15-22-8-3-1-4-9-22/h1-6,8-11,13-14,16-17,26H,7,12,15,18-21H2,(H,32,36)(H2,31,33,37)/t26-/m0/s1. The number of aryl methyl sites for hydroxylation is 1. The minimum atomic E-state index is -0.762. The molecule has 1 fully saturated rings. The molecule has 0 unspecified atom stereocenters. The topological polar surface area (TPSA) is 114 Å². The summed E-state index contributed by atoms with van der Waals surface area (Å²) < 4.78 is 5.14. The third-order valence-electron chi connectivity index (χ3n) is 6.48. The Morgan fingerprint density at radius 1 is 0.895 bits per heavy atom. The van der Waals surface area contributed by atoms with E-state index < -0.39 is 12.1 Å². The summed E-state index contributed by atoms with van der Waals surface area (Å²) in [6.45, 7) is 1.04. The summed E-state index contributed by atoms with van der Waals surface area (Å²) in [6, 6.07) is 25.8. The Balaban J connectivity index is 1.24. The van der Waals surface area contributed by atoms with Gasteiger partial charge in [0.15, 0.2) is 0 Å². The average molecular weight is 513 g/mol. The molecule has 8 nitrogen and oxygen atoms in total. The van der Waals surface area contributed by atoms with E-state index in [0.29, 0.717) is 37.9 Å². The molecular formula is C30H32N4O4. The second kappa shape index (κ2) is 13.2. The lowest BCUT2D eigenvalue weighted by Gasteiger charge is -2.24. The second-order valence-electron chi connectivity index (χ2n) is 9.18. The first-order valence-electron chi connectivity index (χ1n) is 12.7. The molecule has 3 aromatic rings. The number of carbonyl (C=O) groups is 3. The van der Waals surface area contributed by atoms with Crippen LogP contribution in [0.15, 0.2) is 89.9 Å². The molecule has 3 amide bonds. The van der Waals surface area contributed by atoms with Crippen molar-refractivity contribution in [2.75, 3.05) is 6.54 Å². The van der Waals surface area contributed by atoms with Crippen molar-refractivity contribution in [1.29, 1.82) is 0 Å². The number of hydrogen-bond donors (Lipinski definition) is 2. The van der Waals surface area contributed by atoms with E-state index in [1.807, 2.05) is 72.8 Å². The van der Waals surface area contributed by atoms with E-state index in [9.17, 15) is 14.4 Å². The number of amides is 3. The molecule has 0 aliphatic carbocycles. The predicted molar refractivity (Wildman–Crippen MR) is 145 cm³/mol. The van der Waals surface area contributed by atoms with Gasteiger partial charge in [0.05, 0.1) is 0 Å². The number of carbonyl (C=O) groups excluding carboxylic acids is 3. The second-order valence-corrected chi connectivity index (χ2v) is 9.18. The van der Waals surface area contributed by atoms with Crippen LogP contribution in [0.5, 0.6) is 0 Å². The fraction of sp³-hybridized carbons (Fsp3) is 0.267. The molecule has 0 aromatic heterocycles. The molecule has 38 heavy (non-hydrogen) atoms. The van der Waals surface area contributed by atoms with E-state index in [2.05, 4.69) is 10.3 Å². The third-order valence-corrected chi connectivity index (χ3v) is 6.48. The molecule has 1 aliphatic rings. The van der Waals surface area contributed by atoms with Crippen LogP contribution >= 0.6 is 0 Å². The smallest absolute Gasteiger partial charge is 0.435 e. The summed E-state index contributed by atoms with van der Waals surface area (Å²) in [5.74, 6) is -0.0935. The Labute approximate surface area is 222 Å². The molecule has 4 rings (SSSR count). The molecular weight excluding hydrogens is 480 g/mol. The SMILES string of the molecule is N/C(=N\C(=O)OCc1ccccc1)c1ccc(CNC(=O)[C@@H]2CCCN2C(=O)CCc2ccccc2)cc1. The van der Waals surface area contributed by atoms with Crippen molar-refractivity contribution in [3.05, 3.63) is 107 Å². The Morgan fingerprint density at radius 3 is 2.24 bits per heavy atom. The number of nitrogens with one attached hydrogen (secondary N) is 1. The largest absolute Gasteiger partial charge is 0.443 e. The zero-order chi connectivity index (χ0) is 26.7. The molecule has 0 radical (unpaired) electrons. The van der Waals surface area contributed by atoms with Crippen LogP contribution in [-0.4, -0.2) is 41.2 Å². The molecule has 0 bridgehead atoms. The maximum atomic E-state index is 12.9. The van der Waals surface area contributed by atoms with Crippen LogP contribution < -0.4 is 11.1 Å². The third kappa shape index (κ3) is 7.52. The molecule has 196 valence electrons. The Morgan fingerprint density at radius 2 is 1.55 bits per heavy atom. The van der Waals surface area contributed by atoms with E-state index in [1.54, 1.807) is 17.0 Å². The Bertz CT molecular complexity index is 1260. The fourth-order valence-electron chi connectivity index (χ4n) is 4.39. The first kappa shape index (κ1) is 26.6. The number of benzene rings is 3. The van der Waals surface area contributed by atoms with Crippen LogP contribution in [0.1, 0.15) is 41.5 Å². The number of aliphatic imine (C=N–C) groups is 1. The van der Waals surface area contributed by atoms with Crippen LogP contribution in [0.4, 0.5) is 4.79 Å². The predicted octanol–water partition coefficient (Wildman–Crippen LogP) is 3.97. The van der Waals surface area contributed by atoms with Crippen molar-refractivity contribution in [3.8, 4) is 0 Å². The highest BCUT2D eigenvalue weighted by Crippen LogP contribution is 2.19. The molecule has 3 N–H and O–H groups in total. The van der Waals surface area contributed by atoms with Gasteiger partial charge in [0, 0.05) is 25.1 Å². The number of amidine groups is 1. The van der Waals surface area contributed by atoms with Gasteiger partial charge in [-0.1, -0.05) is 84.9 Å². The van der Waals surface area contributed by atoms with Crippen LogP contribution in [-0.2, 0) is 33.9 Å². The molecule has 3 aromatic carbocycles. The van der Waals surface area contributed by atoms with Crippen molar-refractivity contribution in [2.45, 2.75) is 44.9 Å². The highest BCUT2D eigenvalue weighted by atomic mass is 16.5. The Hall–Kier alpha value is -4.46. The quantitative estimate of drug-likeness (QED) is 0.333. The number of hydrogen-bond acceptors (Lipinski definition) is 4. The van der Waals surface area contributed by atoms with Gasteiger partial charge in [-0.15, -0.1) is 0 Å². The minimum Gasteiger partial charge on any atom is -0.443 e. The zero-order valence-corrected chi connectivity index (χ0v) is 21.2. The number of rotatable bonds is 9. The van der Waals surface area contributed by atoms with E-state index in [-0.39, 0.29) is 24.3 Å². The molecule has 1 saturated heterocycles. The zero-order valence-electron chi connectivity index (χ0n) is 21.2. The molecule has 8 heteroatoms. The summed E-state index contributed by atoms with van der Waals surface area (Å²) in [7, 11) is 0. The Kier molecular flexibility index (Phi) is 9.23. The van der Waals surface area contributed by atoms with Gasteiger partial charge in [-0.3, -0.25) is 9.59 Å². The highest BCUT2D eigenvalue weighted by Gasteiger charge is 2.33. The lowest BCUT2D eigenvalue weighted by Crippen LogP contribution is -2.45. The van der Waals surface area contributed by atoms with Gasteiger partial charge in [0.2, 0.25) is 11.8 Å². The number of ether oxygens (including phenoxy) is 1.